The molecule has 0 spiro atoms. The van der Waals surface area contributed by atoms with Crippen LogP contribution in [0.2, 0.25) is 0 Å². The summed E-state index contributed by atoms with van der Waals surface area (Å²) in [6, 6.07) is 1.19. The van der Waals surface area contributed by atoms with Crippen LogP contribution < -0.4 is 5.32 Å². The van der Waals surface area contributed by atoms with E-state index in [4.69, 9.17) is 0 Å². The molecule has 2 atom stereocenters. The highest BCUT2D eigenvalue weighted by molar-refractivity contribution is 4.85. The first kappa shape index (κ1) is 10.7. The number of likely N-dealkylation sites (N-methyl/N-ethyl adjacent to an activating group) is 1. The molecule has 0 radical (unpaired) electrons. The van der Waals surface area contributed by atoms with Crippen molar-refractivity contribution in [3.63, 3.8) is 0 Å². The molecule has 2 heteroatoms. The highest BCUT2D eigenvalue weighted by Crippen LogP contribution is 2.09. The molecule has 1 rings (SSSR count). The van der Waals surface area contributed by atoms with Crippen LogP contribution in [0.15, 0.2) is 12.7 Å². The SMILES string of the molecule is C=CC(C)N(C)CC1CCCCN1. The Labute approximate surface area is 82.0 Å². The van der Waals surface area contributed by atoms with E-state index in [0.29, 0.717) is 12.1 Å². The van der Waals surface area contributed by atoms with Gasteiger partial charge in [0.1, 0.15) is 0 Å². The summed E-state index contributed by atoms with van der Waals surface area (Å²) in [5.41, 5.74) is 0. The van der Waals surface area contributed by atoms with Crippen LogP contribution in [0.25, 0.3) is 0 Å². The molecule has 0 aliphatic carbocycles. The zero-order chi connectivity index (χ0) is 9.68. The van der Waals surface area contributed by atoms with E-state index in [1.807, 2.05) is 6.08 Å². The molecule has 1 aliphatic heterocycles. The Balaban J connectivity index is 2.25. The highest BCUT2D eigenvalue weighted by atomic mass is 15.1. The molecule has 0 aromatic heterocycles. The number of nitrogens with zero attached hydrogens (tertiary/aromatic N) is 1. The van der Waals surface area contributed by atoms with E-state index in [1.54, 1.807) is 0 Å². The number of nitrogens with one attached hydrogen (secondary N) is 1. The van der Waals surface area contributed by atoms with E-state index in [1.165, 1.54) is 25.8 Å². The fraction of sp³-hybridized carbons (Fsp3) is 0.818. The highest BCUT2D eigenvalue weighted by Gasteiger charge is 2.15. The van der Waals surface area contributed by atoms with Crippen molar-refractivity contribution in [1.29, 1.82) is 0 Å². The fourth-order valence-electron chi connectivity index (χ4n) is 1.77. The molecule has 1 N–H and O–H groups in total. The zero-order valence-corrected chi connectivity index (χ0v) is 8.92. The number of hydrogen-bond acceptors (Lipinski definition) is 2. The third kappa shape index (κ3) is 3.49. The predicted octanol–water partition coefficient (Wildman–Crippen LogP) is 1.63. The summed E-state index contributed by atoms with van der Waals surface area (Å²) >= 11 is 0. The van der Waals surface area contributed by atoms with Gasteiger partial charge in [-0.15, -0.1) is 6.58 Å². The molecule has 2 unspecified atom stereocenters. The second kappa shape index (κ2) is 5.40. The molecule has 0 aromatic rings. The maximum atomic E-state index is 3.81. The first-order valence-corrected chi connectivity index (χ1v) is 5.30. The molecule has 0 aromatic carbocycles. The standard InChI is InChI=1S/C11H22N2/c1-4-10(2)13(3)9-11-7-5-6-8-12-11/h4,10-12H,1,5-9H2,2-3H3. The van der Waals surface area contributed by atoms with Crippen LogP contribution in [0.4, 0.5) is 0 Å². The van der Waals surface area contributed by atoms with E-state index in [2.05, 4.69) is 30.8 Å². The molecular weight excluding hydrogens is 160 g/mol. The average Bonchev–Trinajstić information content (AvgIpc) is 2.18. The van der Waals surface area contributed by atoms with E-state index >= 15 is 0 Å². The van der Waals surface area contributed by atoms with Crippen molar-refractivity contribution in [2.24, 2.45) is 0 Å². The monoisotopic (exact) mass is 182 g/mol. The molecule has 0 saturated carbocycles. The molecule has 2 nitrogen and oxygen atoms in total. The van der Waals surface area contributed by atoms with Crippen LogP contribution in [0.1, 0.15) is 26.2 Å². The van der Waals surface area contributed by atoms with Crippen molar-refractivity contribution in [3.05, 3.63) is 12.7 Å². The maximum absolute atomic E-state index is 3.81. The minimum absolute atomic E-state index is 0.490. The van der Waals surface area contributed by atoms with Gasteiger partial charge in [-0.05, 0) is 33.4 Å². The summed E-state index contributed by atoms with van der Waals surface area (Å²) in [4.78, 5) is 2.36. The number of rotatable bonds is 4. The summed E-state index contributed by atoms with van der Waals surface area (Å²) in [7, 11) is 2.17. The summed E-state index contributed by atoms with van der Waals surface area (Å²) in [5.74, 6) is 0. The number of piperidine rings is 1. The van der Waals surface area contributed by atoms with Gasteiger partial charge in [-0.1, -0.05) is 12.5 Å². The average molecular weight is 182 g/mol. The third-order valence-electron chi connectivity index (χ3n) is 2.96. The molecule has 1 heterocycles. The summed E-state index contributed by atoms with van der Waals surface area (Å²) < 4.78 is 0. The smallest absolute Gasteiger partial charge is 0.0244 e. The van der Waals surface area contributed by atoms with Gasteiger partial charge in [-0.25, -0.2) is 0 Å². The summed E-state index contributed by atoms with van der Waals surface area (Å²) in [6.07, 6.45) is 6.06. The molecule has 1 aliphatic rings. The minimum atomic E-state index is 0.490. The zero-order valence-electron chi connectivity index (χ0n) is 8.92. The lowest BCUT2D eigenvalue weighted by Crippen LogP contribution is -2.44. The molecule has 13 heavy (non-hydrogen) atoms. The second-order valence-corrected chi connectivity index (χ2v) is 4.06. The second-order valence-electron chi connectivity index (χ2n) is 4.06. The summed E-state index contributed by atoms with van der Waals surface area (Å²) in [5, 5.41) is 3.55. The van der Waals surface area contributed by atoms with Gasteiger partial charge in [-0.3, -0.25) is 4.90 Å². The topological polar surface area (TPSA) is 15.3 Å². The maximum Gasteiger partial charge on any atom is 0.0244 e. The van der Waals surface area contributed by atoms with Gasteiger partial charge in [0.15, 0.2) is 0 Å². The molecule has 0 amide bonds. The van der Waals surface area contributed by atoms with Gasteiger partial charge < -0.3 is 5.32 Å². The van der Waals surface area contributed by atoms with Crippen molar-refractivity contribution < 1.29 is 0 Å². The van der Waals surface area contributed by atoms with Gasteiger partial charge in [0.05, 0.1) is 0 Å². The largest absolute Gasteiger partial charge is 0.313 e. The molecule has 0 bridgehead atoms. The lowest BCUT2D eigenvalue weighted by Gasteiger charge is -2.30. The van der Waals surface area contributed by atoms with Crippen molar-refractivity contribution in [1.82, 2.24) is 10.2 Å². The Morgan fingerprint density at radius 2 is 2.38 bits per heavy atom. The van der Waals surface area contributed by atoms with Crippen LogP contribution in [0, 0.1) is 0 Å². The number of hydrogen-bond donors (Lipinski definition) is 1. The Morgan fingerprint density at radius 3 is 2.92 bits per heavy atom. The lowest BCUT2D eigenvalue weighted by atomic mass is 10.0. The molecule has 1 fully saturated rings. The first-order valence-electron chi connectivity index (χ1n) is 5.30. The van der Waals surface area contributed by atoms with Gasteiger partial charge in [0, 0.05) is 18.6 Å². The van der Waals surface area contributed by atoms with Gasteiger partial charge in [0.2, 0.25) is 0 Å². The fourth-order valence-corrected chi connectivity index (χ4v) is 1.77. The Hall–Kier alpha value is -0.340. The van der Waals surface area contributed by atoms with E-state index in [-0.39, 0.29) is 0 Å². The van der Waals surface area contributed by atoms with Crippen molar-refractivity contribution in [3.8, 4) is 0 Å². The normalized spacial score (nSPS) is 25.9. The van der Waals surface area contributed by atoms with Crippen LogP contribution >= 0.6 is 0 Å². The van der Waals surface area contributed by atoms with Crippen molar-refractivity contribution in [2.75, 3.05) is 20.1 Å². The Kier molecular flexibility index (Phi) is 4.46. The third-order valence-corrected chi connectivity index (χ3v) is 2.96. The Morgan fingerprint density at radius 1 is 1.62 bits per heavy atom. The van der Waals surface area contributed by atoms with Gasteiger partial charge in [0.25, 0.3) is 0 Å². The van der Waals surface area contributed by atoms with E-state index in [0.717, 1.165) is 6.54 Å². The van der Waals surface area contributed by atoms with Crippen molar-refractivity contribution >= 4 is 0 Å². The van der Waals surface area contributed by atoms with Crippen molar-refractivity contribution in [2.45, 2.75) is 38.3 Å². The predicted molar refractivity (Wildman–Crippen MR) is 57.9 cm³/mol. The summed E-state index contributed by atoms with van der Waals surface area (Å²) in [6.45, 7) is 8.34. The lowest BCUT2D eigenvalue weighted by molar-refractivity contribution is 0.239. The first-order chi connectivity index (χ1) is 6.24. The molecule has 1 saturated heterocycles. The van der Waals surface area contributed by atoms with Crippen LogP contribution in [-0.2, 0) is 0 Å². The quantitative estimate of drug-likeness (QED) is 0.665. The van der Waals surface area contributed by atoms with Gasteiger partial charge in [-0.2, -0.15) is 0 Å². The van der Waals surface area contributed by atoms with Gasteiger partial charge >= 0.3 is 0 Å². The minimum Gasteiger partial charge on any atom is -0.313 e. The van der Waals surface area contributed by atoms with E-state index < -0.39 is 0 Å². The molecular formula is C11H22N2. The van der Waals surface area contributed by atoms with Crippen LogP contribution in [0.3, 0.4) is 0 Å². The van der Waals surface area contributed by atoms with Crippen LogP contribution in [0.5, 0.6) is 0 Å². The van der Waals surface area contributed by atoms with E-state index in [9.17, 15) is 0 Å². The molecule has 76 valence electrons. The Bertz CT molecular complexity index is 150. The van der Waals surface area contributed by atoms with Crippen LogP contribution in [-0.4, -0.2) is 37.1 Å².